The van der Waals surface area contributed by atoms with Crippen molar-refractivity contribution in [3.63, 3.8) is 0 Å². The Labute approximate surface area is 160 Å². The molecule has 9 heteroatoms. The van der Waals surface area contributed by atoms with Crippen LogP contribution in [0.1, 0.15) is 31.1 Å². The smallest absolute Gasteiger partial charge is 0.436 e. The first-order valence-electron chi connectivity index (χ1n) is 8.63. The van der Waals surface area contributed by atoms with E-state index in [0.717, 1.165) is 35.8 Å². The number of hydrogen-bond donors (Lipinski definition) is 1. The van der Waals surface area contributed by atoms with Crippen LogP contribution in [0.25, 0.3) is 11.1 Å². The number of rotatable bonds is 5. The molecule has 0 amide bonds. The summed E-state index contributed by atoms with van der Waals surface area (Å²) < 4.78 is 24.1. The van der Waals surface area contributed by atoms with Gasteiger partial charge in [0, 0.05) is 11.6 Å². The van der Waals surface area contributed by atoms with E-state index in [4.69, 9.17) is 26.8 Å². The zero-order valence-electron chi connectivity index (χ0n) is 14.6. The molecule has 1 aliphatic heterocycles. The van der Waals surface area contributed by atoms with Crippen LogP contribution in [0.5, 0.6) is 0 Å². The maximum atomic E-state index is 12.4. The largest absolute Gasteiger partial charge is 0.445 e. The van der Waals surface area contributed by atoms with Gasteiger partial charge in [0.15, 0.2) is 5.82 Å². The van der Waals surface area contributed by atoms with Crippen LogP contribution < -0.4 is 5.73 Å². The van der Waals surface area contributed by atoms with E-state index in [2.05, 4.69) is 10.1 Å². The Morgan fingerprint density at radius 1 is 1.44 bits per heavy atom. The van der Waals surface area contributed by atoms with Crippen molar-refractivity contribution in [1.29, 1.82) is 0 Å². The molecule has 1 aliphatic rings. The molecular formula is C18H20ClFN4O3. The summed E-state index contributed by atoms with van der Waals surface area (Å²) in [4.78, 5) is 16.5. The summed E-state index contributed by atoms with van der Waals surface area (Å²) in [7, 11) is 0. The first-order chi connectivity index (χ1) is 13.2. The predicted molar refractivity (Wildman–Crippen MR) is 100 cm³/mol. The van der Waals surface area contributed by atoms with Crippen molar-refractivity contribution in [2.75, 3.05) is 19.9 Å². The van der Waals surface area contributed by atoms with Gasteiger partial charge in [-0.25, -0.2) is 14.2 Å². The molecule has 2 aromatic rings. The Morgan fingerprint density at radius 2 is 2.22 bits per heavy atom. The minimum atomic E-state index is -0.828. The molecule has 3 rings (SSSR count). The fourth-order valence-electron chi connectivity index (χ4n) is 3.01. The standard InChI is InChI=1S/C18H20ClFN4O3/c19-13-6-4-12(5-7-13)15-16(14-3-1-2-9-26-14)23-24(17(15)22-11-21)18(25)27-10-8-20/h4-7,11,14H,1-3,8-10H2,(H2,21,22). The topological polar surface area (TPSA) is 91.7 Å². The molecule has 144 valence electrons. The summed E-state index contributed by atoms with van der Waals surface area (Å²) >= 11 is 6.00. The highest BCUT2D eigenvalue weighted by Gasteiger charge is 2.30. The molecule has 1 aromatic heterocycles. The van der Waals surface area contributed by atoms with Gasteiger partial charge in [0.1, 0.15) is 25.1 Å². The highest BCUT2D eigenvalue weighted by Crippen LogP contribution is 2.40. The fraction of sp³-hybridized carbons (Fsp3) is 0.389. The fourth-order valence-corrected chi connectivity index (χ4v) is 3.13. The van der Waals surface area contributed by atoms with E-state index in [1.54, 1.807) is 24.3 Å². The SMILES string of the molecule is N/C=N\c1c(-c2ccc(Cl)cc2)c(C2CCCCO2)nn1C(=O)OCCF. The molecule has 0 aliphatic carbocycles. The van der Waals surface area contributed by atoms with Crippen LogP contribution in [0.4, 0.5) is 15.0 Å². The molecule has 1 aromatic carbocycles. The third-order valence-electron chi connectivity index (χ3n) is 4.18. The van der Waals surface area contributed by atoms with Crippen molar-refractivity contribution in [3.05, 3.63) is 35.0 Å². The predicted octanol–water partition coefficient (Wildman–Crippen LogP) is 4.02. The van der Waals surface area contributed by atoms with E-state index in [1.165, 1.54) is 0 Å². The molecule has 0 bridgehead atoms. The second-order valence-corrected chi connectivity index (χ2v) is 6.38. The maximum absolute atomic E-state index is 12.4. The van der Waals surface area contributed by atoms with Gasteiger partial charge in [0.05, 0.1) is 11.9 Å². The number of ether oxygens (including phenoxy) is 2. The molecule has 0 radical (unpaired) electrons. The van der Waals surface area contributed by atoms with Crippen LogP contribution >= 0.6 is 11.6 Å². The van der Waals surface area contributed by atoms with Gasteiger partial charge in [0.2, 0.25) is 0 Å². The summed E-state index contributed by atoms with van der Waals surface area (Å²) in [6, 6.07) is 7.07. The second-order valence-electron chi connectivity index (χ2n) is 5.94. The van der Waals surface area contributed by atoms with Crippen molar-refractivity contribution in [2.24, 2.45) is 10.7 Å². The molecule has 0 saturated carbocycles. The molecular weight excluding hydrogens is 375 g/mol. The highest BCUT2D eigenvalue weighted by molar-refractivity contribution is 6.30. The molecule has 1 atom stereocenters. The Bertz CT molecular complexity index is 817. The number of alkyl halides is 1. The minimum Gasteiger partial charge on any atom is -0.445 e. The molecule has 7 nitrogen and oxygen atoms in total. The monoisotopic (exact) mass is 394 g/mol. The van der Waals surface area contributed by atoms with E-state index in [-0.39, 0.29) is 18.5 Å². The molecule has 0 spiro atoms. The van der Waals surface area contributed by atoms with Gasteiger partial charge >= 0.3 is 6.09 Å². The number of benzene rings is 1. The van der Waals surface area contributed by atoms with Crippen LogP contribution in [0, 0.1) is 0 Å². The van der Waals surface area contributed by atoms with E-state index >= 15 is 0 Å². The number of carbonyl (C=O) groups excluding carboxylic acids is 1. The highest BCUT2D eigenvalue weighted by atomic mass is 35.5. The molecule has 1 unspecified atom stereocenters. The number of aromatic nitrogens is 2. The van der Waals surface area contributed by atoms with E-state index < -0.39 is 12.8 Å². The lowest BCUT2D eigenvalue weighted by Gasteiger charge is -2.22. The van der Waals surface area contributed by atoms with Gasteiger partial charge in [-0.1, -0.05) is 23.7 Å². The average molecular weight is 395 g/mol. The summed E-state index contributed by atoms with van der Waals surface area (Å²) in [6.07, 6.45) is 2.68. The minimum absolute atomic E-state index is 0.202. The summed E-state index contributed by atoms with van der Waals surface area (Å²) in [6.45, 7) is -0.541. The van der Waals surface area contributed by atoms with Crippen LogP contribution in [-0.4, -0.2) is 42.1 Å². The van der Waals surface area contributed by atoms with Gasteiger partial charge in [-0.3, -0.25) is 0 Å². The molecule has 2 heterocycles. The third-order valence-corrected chi connectivity index (χ3v) is 4.43. The summed E-state index contributed by atoms with van der Waals surface area (Å²) in [5.41, 5.74) is 7.42. The summed E-state index contributed by atoms with van der Waals surface area (Å²) in [5, 5.41) is 4.97. The third kappa shape index (κ3) is 4.28. The van der Waals surface area contributed by atoms with Crippen LogP contribution in [0.2, 0.25) is 5.02 Å². The van der Waals surface area contributed by atoms with Crippen LogP contribution in [0.15, 0.2) is 29.3 Å². The van der Waals surface area contributed by atoms with Gasteiger partial charge < -0.3 is 15.2 Å². The lowest BCUT2D eigenvalue weighted by molar-refractivity contribution is 0.0123. The number of aliphatic imine (C=N–C) groups is 1. The van der Waals surface area contributed by atoms with Crippen LogP contribution in [0.3, 0.4) is 0 Å². The number of nitrogens with zero attached hydrogens (tertiary/aromatic N) is 3. The van der Waals surface area contributed by atoms with Gasteiger partial charge in [0.25, 0.3) is 0 Å². The van der Waals surface area contributed by atoms with Crippen molar-refractivity contribution in [2.45, 2.75) is 25.4 Å². The lowest BCUT2D eigenvalue weighted by atomic mass is 9.98. The van der Waals surface area contributed by atoms with Gasteiger partial charge in [-0.15, -0.1) is 4.68 Å². The maximum Gasteiger partial charge on any atom is 0.436 e. The Balaban J connectivity index is 2.14. The van der Waals surface area contributed by atoms with Crippen molar-refractivity contribution in [3.8, 4) is 11.1 Å². The number of hydrogen-bond acceptors (Lipinski definition) is 5. The number of halogens is 2. The van der Waals surface area contributed by atoms with Gasteiger partial charge in [-0.05, 0) is 37.0 Å². The quantitative estimate of drug-likeness (QED) is 0.610. The zero-order valence-corrected chi connectivity index (χ0v) is 15.4. The Morgan fingerprint density at radius 3 is 2.85 bits per heavy atom. The van der Waals surface area contributed by atoms with Crippen LogP contribution in [-0.2, 0) is 9.47 Å². The zero-order chi connectivity index (χ0) is 19.2. The first-order valence-corrected chi connectivity index (χ1v) is 9.01. The molecule has 27 heavy (non-hydrogen) atoms. The summed E-state index contributed by atoms with van der Waals surface area (Å²) in [5.74, 6) is 0.202. The normalized spacial score (nSPS) is 17.3. The van der Waals surface area contributed by atoms with E-state index in [0.29, 0.717) is 22.9 Å². The first kappa shape index (κ1) is 19.3. The van der Waals surface area contributed by atoms with Gasteiger partial charge in [-0.2, -0.15) is 5.10 Å². The van der Waals surface area contributed by atoms with E-state index in [9.17, 15) is 9.18 Å². The Kier molecular flexibility index (Phi) is 6.41. The molecule has 1 fully saturated rings. The average Bonchev–Trinajstić information content (AvgIpc) is 3.07. The molecule has 1 saturated heterocycles. The van der Waals surface area contributed by atoms with Crippen molar-refractivity contribution >= 4 is 29.9 Å². The molecule has 2 N–H and O–H groups in total. The van der Waals surface area contributed by atoms with E-state index in [1.807, 2.05) is 0 Å². The number of carbonyl (C=O) groups is 1. The Hall–Kier alpha value is -2.45. The van der Waals surface area contributed by atoms with Crippen molar-refractivity contribution in [1.82, 2.24) is 9.78 Å². The lowest BCUT2D eigenvalue weighted by Crippen LogP contribution is -2.18. The second kappa shape index (κ2) is 8.96. The number of nitrogens with two attached hydrogens (primary N) is 1. The van der Waals surface area contributed by atoms with Crippen molar-refractivity contribution < 1.29 is 18.7 Å².